The van der Waals surface area contributed by atoms with E-state index in [4.69, 9.17) is 4.74 Å². The van der Waals surface area contributed by atoms with Crippen LogP contribution in [-0.2, 0) is 11.2 Å². The number of hydrogen-bond donors (Lipinski definition) is 1. The van der Waals surface area contributed by atoms with Gasteiger partial charge in [-0.05, 0) is 37.6 Å². The predicted octanol–water partition coefficient (Wildman–Crippen LogP) is 1.88. The monoisotopic (exact) mass is 244 g/mol. The van der Waals surface area contributed by atoms with E-state index >= 15 is 0 Å². The molecule has 1 rings (SSSR count). The lowest BCUT2D eigenvalue weighted by molar-refractivity contribution is 0.0146. The van der Waals surface area contributed by atoms with E-state index < -0.39 is 13.0 Å². The van der Waals surface area contributed by atoms with Crippen LogP contribution in [-0.4, -0.2) is 37.7 Å². The van der Waals surface area contributed by atoms with Gasteiger partial charge < -0.3 is 10.1 Å². The zero-order chi connectivity index (χ0) is 12.5. The average molecular weight is 244 g/mol. The number of aromatic nitrogens is 1. The van der Waals surface area contributed by atoms with Crippen LogP contribution in [0.25, 0.3) is 0 Å². The van der Waals surface area contributed by atoms with Gasteiger partial charge in [-0.3, -0.25) is 4.98 Å². The number of halogens is 2. The van der Waals surface area contributed by atoms with Crippen molar-refractivity contribution in [2.75, 3.05) is 20.3 Å². The molecule has 0 radical (unpaired) electrons. The number of hydrogen-bond acceptors (Lipinski definition) is 3. The highest BCUT2D eigenvalue weighted by atomic mass is 19.3. The van der Waals surface area contributed by atoms with Gasteiger partial charge in [-0.1, -0.05) is 0 Å². The highest BCUT2D eigenvalue weighted by Gasteiger charge is 2.08. The number of likely N-dealkylation sites (N-methyl/N-ethyl adjacent to an activating group) is 1. The number of nitrogens with zero attached hydrogens (tertiary/aromatic N) is 1. The summed E-state index contributed by atoms with van der Waals surface area (Å²) in [5, 5.41) is 3.15. The normalized spacial score (nSPS) is 12.9. The van der Waals surface area contributed by atoms with E-state index in [0.29, 0.717) is 13.0 Å². The van der Waals surface area contributed by atoms with Gasteiger partial charge in [0.05, 0.1) is 0 Å². The van der Waals surface area contributed by atoms with Gasteiger partial charge in [0.15, 0.2) is 0 Å². The molecule has 0 fully saturated rings. The number of nitrogens with one attached hydrogen (secondary N) is 1. The molecule has 1 heterocycles. The van der Waals surface area contributed by atoms with Crippen molar-refractivity contribution in [3.8, 4) is 0 Å². The quantitative estimate of drug-likeness (QED) is 0.709. The highest BCUT2D eigenvalue weighted by Crippen LogP contribution is 2.05. The largest absolute Gasteiger partial charge is 0.375 e. The first-order chi connectivity index (χ1) is 8.22. The first-order valence-corrected chi connectivity index (χ1v) is 5.64. The molecule has 1 unspecified atom stereocenters. The Kier molecular flexibility index (Phi) is 6.65. The molecular formula is C12H18F2N2O. The molecular weight excluding hydrogens is 226 g/mol. The second-order valence-electron chi connectivity index (χ2n) is 3.80. The van der Waals surface area contributed by atoms with Crippen molar-refractivity contribution in [3.63, 3.8) is 0 Å². The molecule has 0 spiro atoms. The van der Waals surface area contributed by atoms with Crippen LogP contribution >= 0.6 is 0 Å². The first-order valence-electron chi connectivity index (χ1n) is 5.64. The molecule has 1 N–H and O–H groups in total. The highest BCUT2D eigenvalue weighted by molar-refractivity contribution is 5.11. The fourth-order valence-corrected chi connectivity index (χ4v) is 1.55. The molecule has 0 saturated carbocycles. The molecule has 0 aromatic carbocycles. The van der Waals surface area contributed by atoms with E-state index in [1.807, 2.05) is 19.2 Å². The third-order valence-electron chi connectivity index (χ3n) is 2.49. The number of ether oxygens (including phenoxy) is 1. The third-order valence-corrected chi connectivity index (χ3v) is 2.49. The Labute approximate surface area is 100 Å². The van der Waals surface area contributed by atoms with Crippen LogP contribution in [0.4, 0.5) is 8.78 Å². The van der Waals surface area contributed by atoms with Crippen LogP contribution in [0.3, 0.4) is 0 Å². The Morgan fingerprint density at radius 1 is 1.35 bits per heavy atom. The first kappa shape index (κ1) is 14.0. The number of alkyl halides is 2. The molecule has 0 bridgehead atoms. The van der Waals surface area contributed by atoms with Gasteiger partial charge >= 0.3 is 0 Å². The molecule has 1 aromatic heterocycles. The Morgan fingerprint density at radius 3 is 2.65 bits per heavy atom. The van der Waals surface area contributed by atoms with Gasteiger partial charge in [-0.25, -0.2) is 8.78 Å². The molecule has 0 aliphatic heterocycles. The van der Waals surface area contributed by atoms with Crippen LogP contribution in [0.2, 0.25) is 0 Å². The minimum Gasteiger partial charge on any atom is -0.375 e. The lowest BCUT2D eigenvalue weighted by Gasteiger charge is -2.16. The van der Waals surface area contributed by atoms with Gasteiger partial charge in [0.25, 0.3) is 6.43 Å². The molecule has 1 aromatic rings. The Bertz CT molecular complexity index is 296. The summed E-state index contributed by atoms with van der Waals surface area (Å²) in [6, 6.07) is 4.13. The summed E-state index contributed by atoms with van der Waals surface area (Å²) in [5.74, 6) is 0. The van der Waals surface area contributed by atoms with Crippen molar-refractivity contribution in [2.45, 2.75) is 25.3 Å². The Balaban J connectivity index is 2.24. The average Bonchev–Trinajstić information content (AvgIpc) is 2.34. The van der Waals surface area contributed by atoms with E-state index in [1.54, 1.807) is 12.4 Å². The van der Waals surface area contributed by atoms with Crippen molar-refractivity contribution in [3.05, 3.63) is 30.1 Å². The second-order valence-corrected chi connectivity index (χ2v) is 3.80. The van der Waals surface area contributed by atoms with Crippen molar-refractivity contribution in [2.24, 2.45) is 0 Å². The van der Waals surface area contributed by atoms with Crippen LogP contribution in [0, 0.1) is 0 Å². The maximum atomic E-state index is 11.8. The molecule has 17 heavy (non-hydrogen) atoms. The summed E-state index contributed by atoms with van der Waals surface area (Å²) in [7, 11) is 1.86. The maximum Gasteiger partial charge on any atom is 0.261 e. The van der Waals surface area contributed by atoms with E-state index in [1.165, 1.54) is 5.56 Å². The van der Waals surface area contributed by atoms with Gasteiger partial charge in [0, 0.05) is 25.0 Å². The molecule has 96 valence electrons. The van der Waals surface area contributed by atoms with E-state index in [2.05, 4.69) is 10.3 Å². The standard InChI is InChI=1S/C12H18F2N2O/c1-15-11(4-7-17-9-12(13)14)8-10-2-5-16-6-3-10/h2-3,5-6,11-12,15H,4,7-9H2,1H3. The summed E-state index contributed by atoms with van der Waals surface area (Å²) < 4.78 is 28.5. The Hall–Kier alpha value is -1.07. The van der Waals surface area contributed by atoms with Crippen LogP contribution < -0.4 is 5.32 Å². The van der Waals surface area contributed by atoms with Gasteiger partial charge in [0.1, 0.15) is 6.61 Å². The minimum atomic E-state index is -2.39. The van der Waals surface area contributed by atoms with Gasteiger partial charge in [-0.2, -0.15) is 0 Å². The molecule has 3 nitrogen and oxygen atoms in total. The lowest BCUT2D eigenvalue weighted by Crippen LogP contribution is -2.29. The maximum absolute atomic E-state index is 11.8. The zero-order valence-corrected chi connectivity index (χ0v) is 9.90. The smallest absolute Gasteiger partial charge is 0.261 e. The molecule has 1 atom stereocenters. The molecule has 0 aliphatic carbocycles. The topological polar surface area (TPSA) is 34.1 Å². The predicted molar refractivity (Wildman–Crippen MR) is 62.2 cm³/mol. The zero-order valence-electron chi connectivity index (χ0n) is 9.90. The summed E-state index contributed by atoms with van der Waals surface area (Å²) in [4.78, 5) is 3.94. The fraction of sp³-hybridized carbons (Fsp3) is 0.583. The fourth-order valence-electron chi connectivity index (χ4n) is 1.55. The van der Waals surface area contributed by atoms with Crippen molar-refractivity contribution >= 4 is 0 Å². The number of rotatable bonds is 8. The lowest BCUT2D eigenvalue weighted by atomic mass is 10.1. The van der Waals surface area contributed by atoms with Crippen LogP contribution in [0.15, 0.2) is 24.5 Å². The van der Waals surface area contributed by atoms with Crippen molar-refractivity contribution in [1.29, 1.82) is 0 Å². The molecule has 0 saturated heterocycles. The molecule has 0 aliphatic rings. The second kappa shape index (κ2) is 8.08. The van der Waals surface area contributed by atoms with E-state index in [9.17, 15) is 8.78 Å². The van der Waals surface area contributed by atoms with Crippen molar-refractivity contribution in [1.82, 2.24) is 10.3 Å². The minimum absolute atomic E-state index is 0.232. The van der Waals surface area contributed by atoms with Gasteiger partial charge in [0.2, 0.25) is 0 Å². The van der Waals surface area contributed by atoms with E-state index in [0.717, 1.165) is 6.42 Å². The number of pyridine rings is 1. The summed E-state index contributed by atoms with van der Waals surface area (Å²) in [6.07, 6.45) is 2.66. The Morgan fingerprint density at radius 2 is 2.06 bits per heavy atom. The molecule has 0 amide bonds. The van der Waals surface area contributed by atoms with E-state index in [-0.39, 0.29) is 6.04 Å². The van der Waals surface area contributed by atoms with Gasteiger partial charge in [-0.15, -0.1) is 0 Å². The summed E-state index contributed by atoms with van der Waals surface area (Å²) in [6.45, 7) is -0.132. The SMILES string of the molecule is CNC(CCOCC(F)F)Cc1ccncc1. The summed E-state index contributed by atoms with van der Waals surface area (Å²) in [5.41, 5.74) is 1.17. The van der Waals surface area contributed by atoms with Crippen LogP contribution in [0.1, 0.15) is 12.0 Å². The summed E-state index contributed by atoms with van der Waals surface area (Å²) >= 11 is 0. The third kappa shape index (κ3) is 6.28. The molecule has 5 heteroatoms. The van der Waals surface area contributed by atoms with Crippen molar-refractivity contribution < 1.29 is 13.5 Å². The van der Waals surface area contributed by atoms with Crippen LogP contribution in [0.5, 0.6) is 0 Å².